The Morgan fingerprint density at radius 2 is 2.00 bits per heavy atom. The summed E-state index contributed by atoms with van der Waals surface area (Å²) < 4.78 is 6.61. The summed E-state index contributed by atoms with van der Waals surface area (Å²) in [6.07, 6.45) is 4.75. The van der Waals surface area contributed by atoms with Crippen LogP contribution in [-0.2, 0) is 9.53 Å². The molecule has 0 saturated heterocycles. The Hall–Kier alpha value is -2.77. The quantitative estimate of drug-likeness (QED) is 0.819. The topological polar surface area (TPSA) is 99.0 Å². The van der Waals surface area contributed by atoms with Crippen molar-refractivity contribution >= 4 is 11.9 Å². The largest absolute Gasteiger partial charge is 0.452 e. The number of hydrogen-bond acceptors (Lipinski definition) is 6. The molecule has 1 aliphatic rings. The third-order valence-corrected chi connectivity index (χ3v) is 5.10. The first-order valence-electron chi connectivity index (χ1n) is 8.84. The molecule has 1 aromatic heterocycles. The fourth-order valence-electron chi connectivity index (χ4n) is 3.28. The van der Waals surface area contributed by atoms with Crippen molar-refractivity contribution in [2.75, 3.05) is 6.61 Å². The van der Waals surface area contributed by atoms with E-state index in [2.05, 4.69) is 34.7 Å². The summed E-state index contributed by atoms with van der Waals surface area (Å²) in [6, 6.07) is 6.79. The molecule has 3 rings (SSSR count). The molecule has 8 heteroatoms. The van der Waals surface area contributed by atoms with Crippen molar-refractivity contribution in [3.05, 3.63) is 36.2 Å². The molecule has 1 aliphatic carbocycles. The van der Waals surface area contributed by atoms with Gasteiger partial charge in [-0.3, -0.25) is 4.79 Å². The number of tetrazole rings is 1. The molecule has 1 aromatic carbocycles. The third kappa shape index (κ3) is 4.25. The van der Waals surface area contributed by atoms with Gasteiger partial charge >= 0.3 is 5.97 Å². The van der Waals surface area contributed by atoms with Crippen LogP contribution < -0.4 is 5.32 Å². The molecule has 1 fully saturated rings. The average molecular weight is 357 g/mol. The second-order valence-corrected chi connectivity index (χ2v) is 6.82. The Labute approximate surface area is 151 Å². The van der Waals surface area contributed by atoms with Crippen LogP contribution in [0.4, 0.5) is 0 Å². The molecule has 3 atom stereocenters. The van der Waals surface area contributed by atoms with Gasteiger partial charge < -0.3 is 10.1 Å². The van der Waals surface area contributed by atoms with Gasteiger partial charge in [0.25, 0.3) is 5.91 Å². The van der Waals surface area contributed by atoms with Crippen molar-refractivity contribution in [3.63, 3.8) is 0 Å². The van der Waals surface area contributed by atoms with Crippen LogP contribution in [0.25, 0.3) is 5.69 Å². The zero-order valence-electron chi connectivity index (χ0n) is 15.0. The first kappa shape index (κ1) is 18.0. The first-order chi connectivity index (χ1) is 12.5. The maximum Gasteiger partial charge on any atom is 0.338 e. The van der Waals surface area contributed by atoms with Gasteiger partial charge in [0.15, 0.2) is 6.61 Å². The highest BCUT2D eigenvalue weighted by Gasteiger charge is 2.28. The number of ether oxygens (including phenoxy) is 1. The van der Waals surface area contributed by atoms with E-state index < -0.39 is 5.97 Å². The lowest BCUT2D eigenvalue weighted by molar-refractivity contribution is -0.125. The smallest absolute Gasteiger partial charge is 0.338 e. The van der Waals surface area contributed by atoms with E-state index in [9.17, 15) is 9.59 Å². The Balaban J connectivity index is 1.49. The highest BCUT2D eigenvalue weighted by molar-refractivity contribution is 5.91. The molecular weight excluding hydrogens is 334 g/mol. The number of nitrogens with zero attached hydrogens (tertiary/aromatic N) is 4. The van der Waals surface area contributed by atoms with Crippen LogP contribution in [-0.4, -0.2) is 44.7 Å². The molecule has 0 aliphatic heterocycles. The highest BCUT2D eigenvalue weighted by atomic mass is 16.5. The van der Waals surface area contributed by atoms with Crippen molar-refractivity contribution in [2.24, 2.45) is 11.8 Å². The summed E-state index contributed by atoms with van der Waals surface area (Å²) in [5.74, 6) is 0.237. The average Bonchev–Trinajstić information content (AvgIpc) is 3.18. The first-order valence-corrected chi connectivity index (χ1v) is 8.84. The number of rotatable bonds is 5. The molecule has 2 aromatic rings. The number of esters is 1. The predicted octanol–water partition coefficient (Wildman–Crippen LogP) is 1.76. The van der Waals surface area contributed by atoms with Gasteiger partial charge in [-0.2, -0.15) is 0 Å². The Bertz CT molecular complexity index is 745. The molecular formula is C18H23N5O3. The van der Waals surface area contributed by atoms with E-state index in [0.29, 0.717) is 17.4 Å². The number of carbonyl (C=O) groups is 2. The Morgan fingerprint density at radius 3 is 2.69 bits per heavy atom. The predicted molar refractivity (Wildman–Crippen MR) is 93.5 cm³/mol. The van der Waals surface area contributed by atoms with E-state index in [1.165, 1.54) is 17.4 Å². The van der Waals surface area contributed by atoms with Crippen LogP contribution in [0.2, 0.25) is 0 Å². The van der Waals surface area contributed by atoms with Crippen molar-refractivity contribution in [1.82, 2.24) is 25.5 Å². The molecule has 0 spiro atoms. The van der Waals surface area contributed by atoms with Gasteiger partial charge in [0.05, 0.1) is 11.3 Å². The third-order valence-electron chi connectivity index (χ3n) is 5.10. The normalized spacial score (nSPS) is 22.6. The van der Waals surface area contributed by atoms with Crippen molar-refractivity contribution in [2.45, 2.75) is 39.2 Å². The number of nitrogens with one attached hydrogen (secondary N) is 1. The fourth-order valence-corrected chi connectivity index (χ4v) is 3.28. The van der Waals surface area contributed by atoms with Gasteiger partial charge in [0.1, 0.15) is 6.33 Å². The molecule has 1 heterocycles. The molecule has 0 radical (unpaired) electrons. The fraction of sp³-hybridized carbons (Fsp3) is 0.500. The highest BCUT2D eigenvalue weighted by Crippen LogP contribution is 2.29. The second kappa shape index (κ2) is 8.07. The summed E-state index contributed by atoms with van der Waals surface area (Å²) in [5, 5.41) is 13.9. The summed E-state index contributed by atoms with van der Waals surface area (Å²) in [4.78, 5) is 24.2. The molecule has 26 heavy (non-hydrogen) atoms. The molecule has 1 N–H and O–H groups in total. The lowest BCUT2D eigenvalue weighted by Gasteiger charge is -2.34. The van der Waals surface area contributed by atoms with Crippen molar-refractivity contribution < 1.29 is 14.3 Å². The van der Waals surface area contributed by atoms with Gasteiger partial charge in [-0.1, -0.05) is 26.7 Å². The van der Waals surface area contributed by atoms with Crippen LogP contribution in [0.15, 0.2) is 30.6 Å². The number of amides is 1. The Morgan fingerprint density at radius 1 is 1.23 bits per heavy atom. The minimum absolute atomic E-state index is 0.153. The standard InChI is InChI=1S/C18H23N5O3/c1-12-4-3-5-16(13(12)2)20-17(24)10-26-18(25)14-6-8-15(9-7-14)23-11-19-21-22-23/h6-9,11-13,16H,3-5,10H2,1-2H3,(H,20,24)/t12-,13-,16+/m1/s1. The van der Waals surface area contributed by atoms with E-state index >= 15 is 0 Å². The minimum atomic E-state index is -0.534. The minimum Gasteiger partial charge on any atom is -0.452 e. The second-order valence-electron chi connectivity index (χ2n) is 6.82. The van der Waals surface area contributed by atoms with E-state index in [4.69, 9.17) is 4.74 Å². The lowest BCUT2D eigenvalue weighted by atomic mass is 9.78. The SMILES string of the molecule is C[C@@H]1[C@H](C)CCC[C@@H]1NC(=O)COC(=O)c1ccc(-n2cnnn2)cc1. The summed E-state index contributed by atoms with van der Waals surface area (Å²) in [5.41, 5.74) is 1.10. The van der Waals surface area contributed by atoms with Crippen LogP contribution >= 0.6 is 0 Å². The Kier molecular flexibility index (Phi) is 5.60. The van der Waals surface area contributed by atoms with Crippen LogP contribution in [0, 0.1) is 11.8 Å². The zero-order valence-corrected chi connectivity index (χ0v) is 15.0. The van der Waals surface area contributed by atoms with Crippen molar-refractivity contribution in [1.29, 1.82) is 0 Å². The molecule has 8 nitrogen and oxygen atoms in total. The van der Waals surface area contributed by atoms with Gasteiger partial charge in [-0.05, 0) is 52.9 Å². The van der Waals surface area contributed by atoms with Crippen LogP contribution in [0.5, 0.6) is 0 Å². The van der Waals surface area contributed by atoms with Gasteiger partial charge in [0.2, 0.25) is 0 Å². The van der Waals surface area contributed by atoms with Gasteiger partial charge in [0, 0.05) is 6.04 Å². The molecule has 138 valence electrons. The van der Waals surface area contributed by atoms with E-state index in [0.717, 1.165) is 18.5 Å². The molecule has 1 amide bonds. The number of carbonyl (C=O) groups excluding carboxylic acids is 2. The summed E-state index contributed by atoms with van der Waals surface area (Å²) in [6.45, 7) is 4.10. The summed E-state index contributed by atoms with van der Waals surface area (Å²) in [7, 11) is 0. The zero-order chi connectivity index (χ0) is 18.5. The van der Waals surface area contributed by atoms with Crippen molar-refractivity contribution in [3.8, 4) is 5.69 Å². The number of aromatic nitrogens is 4. The van der Waals surface area contributed by atoms with Crippen LogP contribution in [0.3, 0.4) is 0 Å². The van der Waals surface area contributed by atoms with E-state index in [1.807, 2.05) is 0 Å². The number of hydrogen-bond donors (Lipinski definition) is 1. The van der Waals surface area contributed by atoms with Gasteiger partial charge in [-0.25, -0.2) is 9.48 Å². The molecule has 0 unspecified atom stereocenters. The van der Waals surface area contributed by atoms with Gasteiger partial charge in [-0.15, -0.1) is 5.10 Å². The number of benzene rings is 1. The van der Waals surface area contributed by atoms with Crippen LogP contribution in [0.1, 0.15) is 43.5 Å². The molecule has 1 saturated carbocycles. The maximum atomic E-state index is 12.1. The maximum absolute atomic E-state index is 12.1. The van der Waals surface area contributed by atoms with E-state index in [1.54, 1.807) is 24.3 Å². The lowest BCUT2D eigenvalue weighted by Crippen LogP contribution is -2.45. The molecule has 0 bridgehead atoms. The van der Waals surface area contributed by atoms with E-state index in [-0.39, 0.29) is 18.6 Å². The monoisotopic (exact) mass is 357 g/mol. The summed E-state index contributed by atoms with van der Waals surface area (Å²) >= 11 is 0.